The summed E-state index contributed by atoms with van der Waals surface area (Å²) in [6, 6.07) is 4.28. The summed E-state index contributed by atoms with van der Waals surface area (Å²) in [5.74, 6) is 0.404. The van der Waals surface area contributed by atoms with E-state index in [0.717, 1.165) is 0 Å². The Labute approximate surface area is 134 Å². The first kappa shape index (κ1) is 18.0. The molecule has 0 radical (unpaired) electrons. The summed E-state index contributed by atoms with van der Waals surface area (Å²) >= 11 is 11.7. The summed E-state index contributed by atoms with van der Waals surface area (Å²) < 4.78 is 5.28. The number of anilines is 1. The van der Waals surface area contributed by atoms with Crippen LogP contribution in [0.25, 0.3) is 0 Å². The SMILES string of the molecule is CC(C)COCC(O)CNC(=O)Nc1cc(Cl)cc(Cl)c1. The normalized spacial score (nSPS) is 12.3. The first-order valence-corrected chi connectivity index (χ1v) is 7.39. The molecule has 0 aromatic heterocycles. The van der Waals surface area contributed by atoms with Gasteiger partial charge in [0, 0.05) is 28.9 Å². The first-order chi connectivity index (χ1) is 9.86. The Morgan fingerprint density at radius 2 is 1.86 bits per heavy atom. The molecule has 1 unspecified atom stereocenters. The van der Waals surface area contributed by atoms with Crippen molar-refractivity contribution in [1.29, 1.82) is 0 Å². The van der Waals surface area contributed by atoms with E-state index in [1.54, 1.807) is 18.2 Å². The lowest BCUT2D eigenvalue weighted by Crippen LogP contribution is -2.37. The number of hydrogen-bond donors (Lipinski definition) is 3. The maximum absolute atomic E-state index is 11.7. The molecule has 3 N–H and O–H groups in total. The summed E-state index contributed by atoms with van der Waals surface area (Å²) in [6.45, 7) is 4.90. The summed E-state index contributed by atoms with van der Waals surface area (Å²) in [5, 5.41) is 15.6. The van der Waals surface area contributed by atoms with E-state index in [1.165, 1.54) is 0 Å². The van der Waals surface area contributed by atoms with Crippen LogP contribution in [0.1, 0.15) is 13.8 Å². The first-order valence-electron chi connectivity index (χ1n) is 6.63. The molecule has 21 heavy (non-hydrogen) atoms. The smallest absolute Gasteiger partial charge is 0.319 e. The van der Waals surface area contributed by atoms with Crippen molar-refractivity contribution in [2.45, 2.75) is 20.0 Å². The van der Waals surface area contributed by atoms with Crippen molar-refractivity contribution >= 4 is 34.9 Å². The summed E-state index contributed by atoms with van der Waals surface area (Å²) in [6.07, 6.45) is -0.752. The lowest BCUT2D eigenvalue weighted by Gasteiger charge is -2.14. The Kier molecular flexibility index (Phi) is 7.82. The number of aliphatic hydroxyl groups is 1. The van der Waals surface area contributed by atoms with Crippen molar-refractivity contribution in [3.8, 4) is 0 Å². The van der Waals surface area contributed by atoms with Crippen LogP contribution in [0, 0.1) is 5.92 Å². The zero-order valence-electron chi connectivity index (χ0n) is 12.0. The predicted molar refractivity (Wildman–Crippen MR) is 85.1 cm³/mol. The Morgan fingerprint density at radius 1 is 1.24 bits per heavy atom. The summed E-state index contributed by atoms with van der Waals surface area (Å²) in [4.78, 5) is 11.7. The van der Waals surface area contributed by atoms with Gasteiger partial charge in [0.25, 0.3) is 0 Å². The highest BCUT2D eigenvalue weighted by Gasteiger charge is 2.08. The minimum Gasteiger partial charge on any atom is -0.389 e. The fraction of sp³-hybridized carbons (Fsp3) is 0.500. The highest BCUT2D eigenvalue weighted by molar-refractivity contribution is 6.35. The van der Waals surface area contributed by atoms with Crippen LogP contribution in [0.2, 0.25) is 10.0 Å². The van der Waals surface area contributed by atoms with Gasteiger partial charge < -0.3 is 20.5 Å². The van der Waals surface area contributed by atoms with Gasteiger partial charge in [0.15, 0.2) is 0 Å². The third kappa shape index (κ3) is 8.12. The molecule has 1 atom stereocenters. The van der Waals surface area contributed by atoms with Crippen LogP contribution < -0.4 is 10.6 Å². The third-order valence-electron chi connectivity index (χ3n) is 2.38. The van der Waals surface area contributed by atoms with E-state index >= 15 is 0 Å². The highest BCUT2D eigenvalue weighted by atomic mass is 35.5. The van der Waals surface area contributed by atoms with E-state index in [9.17, 15) is 9.90 Å². The molecular formula is C14H20Cl2N2O3. The number of nitrogens with one attached hydrogen (secondary N) is 2. The second-order valence-electron chi connectivity index (χ2n) is 5.08. The molecule has 2 amide bonds. The van der Waals surface area contributed by atoms with Gasteiger partial charge in [0.1, 0.15) is 0 Å². The van der Waals surface area contributed by atoms with Crippen molar-refractivity contribution in [1.82, 2.24) is 5.32 Å². The fourth-order valence-electron chi connectivity index (χ4n) is 1.51. The van der Waals surface area contributed by atoms with Crippen molar-refractivity contribution in [2.75, 3.05) is 25.1 Å². The third-order valence-corrected chi connectivity index (χ3v) is 2.82. The molecule has 1 aromatic carbocycles. The second-order valence-corrected chi connectivity index (χ2v) is 5.95. The van der Waals surface area contributed by atoms with Crippen molar-refractivity contribution in [2.24, 2.45) is 5.92 Å². The number of carbonyl (C=O) groups is 1. The van der Waals surface area contributed by atoms with Gasteiger partial charge in [-0.3, -0.25) is 0 Å². The molecule has 118 valence electrons. The standard InChI is InChI=1S/C14H20Cl2N2O3/c1-9(2)7-21-8-13(19)6-17-14(20)18-12-4-10(15)3-11(16)5-12/h3-5,9,13,19H,6-8H2,1-2H3,(H2,17,18,20). The molecule has 0 aliphatic heterocycles. The number of amides is 2. The molecule has 0 aliphatic carbocycles. The van der Waals surface area contributed by atoms with Crippen LogP contribution in [-0.4, -0.2) is 37.0 Å². The van der Waals surface area contributed by atoms with E-state index in [-0.39, 0.29) is 13.2 Å². The summed E-state index contributed by atoms with van der Waals surface area (Å²) in [5.41, 5.74) is 0.482. The lowest BCUT2D eigenvalue weighted by atomic mass is 10.2. The van der Waals surface area contributed by atoms with E-state index in [2.05, 4.69) is 10.6 Å². The number of benzene rings is 1. The van der Waals surface area contributed by atoms with E-state index in [1.807, 2.05) is 13.8 Å². The number of halogens is 2. The molecular weight excluding hydrogens is 315 g/mol. The molecule has 1 aromatic rings. The number of hydrogen-bond acceptors (Lipinski definition) is 3. The quantitative estimate of drug-likeness (QED) is 0.717. The van der Waals surface area contributed by atoms with Gasteiger partial charge in [-0.25, -0.2) is 4.79 Å². The number of rotatable bonds is 7. The van der Waals surface area contributed by atoms with Gasteiger partial charge in [-0.15, -0.1) is 0 Å². The highest BCUT2D eigenvalue weighted by Crippen LogP contribution is 2.22. The van der Waals surface area contributed by atoms with E-state index < -0.39 is 12.1 Å². The monoisotopic (exact) mass is 334 g/mol. The minimum atomic E-state index is -0.752. The average Bonchev–Trinajstić information content (AvgIpc) is 2.34. The van der Waals surface area contributed by atoms with Gasteiger partial charge >= 0.3 is 6.03 Å². The van der Waals surface area contributed by atoms with Crippen LogP contribution >= 0.6 is 23.2 Å². The van der Waals surface area contributed by atoms with Crippen LogP contribution in [0.3, 0.4) is 0 Å². The molecule has 0 saturated heterocycles. The van der Waals surface area contributed by atoms with Crippen LogP contribution in [0.5, 0.6) is 0 Å². The molecule has 1 rings (SSSR count). The fourth-order valence-corrected chi connectivity index (χ4v) is 2.04. The molecule has 0 aliphatic rings. The Morgan fingerprint density at radius 3 is 2.43 bits per heavy atom. The Balaban J connectivity index is 2.30. The lowest BCUT2D eigenvalue weighted by molar-refractivity contribution is 0.0274. The number of urea groups is 1. The Hall–Kier alpha value is -1.01. The maximum atomic E-state index is 11.7. The van der Waals surface area contributed by atoms with Crippen LogP contribution in [0.4, 0.5) is 10.5 Å². The van der Waals surface area contributed by atoms with E-state index in [0.29, 0.717) is 28.3 Å². The zero-order valence-corrected chi connectivity index (χ0v) is 13.5. The molecule has 0 spiro atoms. The molecule has 0 fully saturated rings. The molecule has 7 heteroatoms. The number of ether oxygens (including phenoxy) is 1. The predicted octanol–water partition coefficient (Wildman–Crippen LogP) is 3.15. The van der Waals surface area contributed by atoms with Crippen LogP contribution in [0.15, 0.2) is 18.2 Å². The minimum absolute atomic E-state index is 0.0955. The summed E-state index contributed by atoms with van der Waals surface area (Å²) in [7, 11) is 0. The van der Waals surface area contributed by atoms with Crippen LogP contribution in [-0.2, 0) is 4.74 Å². The largest absolute Gasteiger partial charge is 0.389 e. The number of carbonyl (C=O) groups excluding carboxylic acids is 1. The van der Waals surface area contributed by atoms with Crippen molar-refractivity contribution in [3.63, 3.8) is 0 Å². The van der Waals surface area contributed by atoms with E-state index in [4.69, 9.17) is 27.9 Å². The zero-order chi connectivity index (χ0) is 15.8. The average molecular weight is 335 g/mol. The Bertz CT molecular complexity index is 449. The van der Waals surface area contributed by atoms with Crippen molar-refractivity contribution in [3.05, 3.63) is 28.2 Å². The van der Waals surface area contributed by atoms with Gasteiger partial charge in [0.2, 0.25) is 0 Å². The topological polar surface area (TPSA) is 70.6 Å². The molecule has 5 nitrogen and oxygen atoms in total. The van der Waals surface area contributed by atoms with Crippen molar-refractivity contribution < 1.29 is 14.6 Å². The molecule has 0 saturated carbocycles. The molecule has 0 heterocycles. The molecule has 0 bridgehead atoms. The van der Waals surface area contributed by atoms with Gasteiger partial charge in [-0.05, 0) is 24.1 Å². The van der Waals surface area contributed by atoms with Gasteiger partial charge in [-0.2, -0.15) is 0 Å². The maximum Gasteiger partial charge on any atom is 0.319 e. The van der Waals surface area contributed by atoms with Gasteiger partial charge in [-0.1, -0.05) is 37.0 Å². The number of aliphatic hydroxyl groups excluding tert-OH is 1. The second kappa shape index (κ2) is 9.10. The van der Waals surface area contributed by atoms with Gasteiger partial charge in [0.05, 0.1) is 12.7 Å².